The largest absolute Gasteiger partial charge is 0.390 e. The topological polar surface area (TPSA) is 57.6 Å². The molecule has 5 heteroatoms. The van der Waals surface area contributed by atoms with Crippen LogP contribution in [0.15, 0.2) is 0 Å². The van der Waals surface area contributed by atoms with E-state index in [2.05, 4.69) is 13.8 Å². The zero-order chi connectivity index (χ0) is 15.7. The molecule has 2 aliphatic rings. The second kappa shape index (κ2) is 6.55. The van der Waals surface area contributed by atoms with Gasteiger partial charge in [0.05, 0.1) is 11.9 Å². The van der Waals surface area contributed by atoms with Gasteiger partial charge in [0.1, 0.15) is 0 Å². The van der Waals surface area contributed by atoms with E-state index in [1.54, 1.807) is 4.31 Å². The quantitative estimate of drug-likeness (QED) is 0.867. The van der Waals surface area contributed by atoms with Crippen molar-refractivity contribution in [3.8, 4) is 0 Å². The van der Waals surface area contributed by atoms with Crippen molar-refractivity contribution in [2.45, 2.75) is 64.4 Å². The van der Waals surface area contributed by atoms with Crippen molar-refractivity contribution in [2.75, 3.05) is 19.3 Å². The zero-order valence-electron chi connectivity index (χ0n) is 13.7. The SMILES string of the molecule is CC(C)C1CCCCC1(O)CC1CCCN(S(C)(=O)=O)C1. The van der Waals surface area contributed by atoms with Crippen molar-refractivity contribution in [1.82, 2.24) is 4.31 Å². The first-order valence-electron chi connectivity index (χ1n) is 8.40. The van der Waals surface area contributed by atoms with E-state index in [1.807, 2.05) is 0 Å². The van der Waals surface area contributed by atoms with Gasteiger partial charge in [-0.05, 0) is 49.9 Å². The Morgan fingerprint density at radius 1 is 1.24 bits per heavy atom. The van der Waals surface area contributed by atoms with Crippen LogP contribution in [0.2, 0.25) is 0 Å². The highest BCUT2D eigenvalue weighted by Gasteiger charge is 2.42. The van der Waals surface area contributed by atoms with Crippen LogP contribution in [0.1, 0.15) is 58.8 Å². The average molecular weight is 317 g/mol. The number of hydrogen-bond donors (Lipinski definition) is 1. The molecule has 0 radical (unpaired) electrons. The lowest BCUT2D eigenvalue weighted by molar-refractivity contribution is -0.0855. The third kappa shape index (κ3) is 4.20. The van der Waals surface area contributed by atoms with E-state index in [9.17, 15) is 13.5 Å². The molecular weight excluding hydrogens is 286 g/mol. The molecule has 1 heterocycles. The van der Waals surface area contributed by atoms with Crippen LogP contribution in [-0.4, -0.2) is 42.8 Å². The minimum atomic E-state index is -3.10. The van der Waals surface area contributed by atoms with E-state index >= 15 is 0 Å². The molecular formula is C16H31NO3S. The minimum Gasteiger partial charge on any atom is -0.390 e. The van der Waals surface area contributed by atoms with Crippen LogP contribution >= 0.6 is 0 Å². The lowest BCUT2D eigenvalue weighted by Crippen LogP contribution is -2.48. The first-order valence-corrected chi connectivity index (χ1v) is 10.2. The van der Waals surface area contributed by atoms with Crippen molar-refractivity contribution < 1.29 is 13.5 Å². The molecule has 4 nitrogen and oxygen atoms in total. The van der Waals surface area contributed by atoms with E-state index in [0.717, 1.165) is 38.5 Å². The summed E-state index contributed by atoms with van der Waals surface area (Å²) in [6.45, 7) is 5.63. The molecule has 0 spiro atoms. The van der Waals surface area contributed by atoms with Crippen molar-refractivity contribution >= 4 is 10.0 Å². The fourth-order valence-electron chi connectivity index (χ4n) is 4.45. The number of nitrogens with zero attached hydrogens (tertiary/aromatic N) is 1. The molecule has 3 unspecified atom stereocenters. The molecule has 0 aromatic heterocycles. The maximum atomic E-state index is 11.7. The Labute approximate surface area is 130 Å². The van der Waals surface area contributed by atoms with Gasteiger partial charge in [0.25, 0.3) is 0 Å². The highest BCUT2D eigenvalue weighted by atomic mass is 32.2. The summed E-state index contributed by atoms with van der Waals surface area (Å²) in [5.74, 6) is 1.16. The fraction of sp³-hybridized carbons (Fsp3) is 1.00. The Kier molecular flexibility index (Phi) is 5.37. The van der Waals surface area contributed by atoms with Crippen LogP contribution in [0.5, 0.6) is 0 Å². The molecule has 0 aromatic carbocycles. The second-order valence-corrected chi connectivity index (χ2v) is 9.52. The van der Waals surface area contributed by atoms with Gasteiger partial charge >= 0.3 is 0 Å². The zero-order valence-corrected chi connectivity index (χ0v) is 14.5. The van der Waals surface area contributed by atoms with Crippen molar-refractivity contribution in [3.05, 3.63) is 0 Å². The lowest BCUT2D eigenvalue weighted by atomic mass is 9.66. The molecule has 1 aliphatic carbocycles. The Balaban J connectivity index is 2.05. The molecule has 1 saturated heterocycles. The first kappa shape index (κ1) is 17.2. The predicted molar refractivity (Wildman–Crippen MR) is 85.5 cm³/mol. The van der Waals surface area contributed by atoms with E-state index in [0.29, 0.717) is 30.8 Å². The number of sulfonamides is 1. The van der Waals surface area contributed by atoms with Gasteiger partial charge in [-0.3, -0.25) is 0 Å². The Morgan fingerprint density at radius 2 is 1.95 bits per heavy atom. The van der Waals surface area contributed by atoms with E-state index in [4.69, 9.17) is 0 Å². The van der Waals surface area contributed by atoms with E-state index in [-0.39, 0.29) is 0 Å². The molecule has 0 amide bonds. The molecule has 2 rings (SSSR count). The Bertz CT molecular complexity index is 448. The van der Waals surface area contributed by atoms with Crippen LogP contribution in [0.3, 0.4) is 0 Å². The standard InChI is InChI=1S/C16H31NO3S/c1-13(2)15-8-4-5-9-16(15,18)11-14-7-6-10-17(12-14)21(3,19)20/h13-15,18H,4-12H2,1-3H3. The van der Waals surface area contributed by atoms with Gasteiger partial charge in [-0.15, -0.1) is 0 Å². The summed E-state index contributed by atoms with van der Waals surface area (Å²) in [4.78, 5) is 0. The number of piperidine rings is 1. The van der Waals surface area contributed by atoms with Gasteiger partial charge in [-0.1, -0.05) is 26.7 Å². The third-order valence-corrected chi connectivity index (χ3v) is 6.73. The number of hydrogen-bond acceptors (Lipinski definition) is 3. The van der Waals surface area contributed by atoms with Gasteiger partial charge in [0, 0.05) is 13.1 Å². The Hall–Kier alpha value is -0.130. The summed E-state index contributed by atoms with van der Waals surface area (Å²) in [5, 5.41) is 11.2. The maximum Gasteiger partial charge on any atom is 0.211 e. The number of aliphatic hydroxyl groups is 1. The van der Waals surface area contributed by atoms with E-state index < -0.39 is 15.6 Å². The van der Waals surface area contributed by atoms with Gasteiger partial charge in [-0.2, -0.15) is 0 Å². The molecule has 3 atom stereocenters. The van der Waals surface area contributed by atoms with Crippen LogP contribution < -0.4 is 0 Å². The maximum absolute atomic E-state index is 11.7. The van der Waals surface area contributed by atoms with Crippen LogP contribution in [-0.2, 0) is 10.0 Å². The molecule has 0 aromatic rings. The molecule has 2 fully saturated rings. The average Bonchev–Trinajstić information content (AvgIpc) is 2.37. The van der Waals surface area contributed by atoms with Crippen LogP contribution in [0, 0.1) is 17.8 Å². The summed E-state index contributed by atoms with van der Waals surface area (Å²) in [5.41, 5.74) is -0.586. The minimum absolute atomic E-state index is 0.304. The van der Waals surface area contributed by atoms with Gasteiger partial charge in [-0.25, -0.2) is 12.7 Å². The smallest absolute Gasteiger partial charge is 0.211 e. The lowest BCUT2D eigenvalue weighted by Gasteiger charge is -2.45. The molecule has 1 N–H and O–H groups in total. The monoisotopic (exact) mass is 317 g/mol. The summed E-state index contributed by atoms with van der Waals surface area (Å²) < 4.78 is 25.1. The molecule has 21 heavy (non-hydrogen) atoms. The highest BCUT2D eigenvalue weighted by Crippen LogP contribution is 2.43. The van der Waals surface area contributed by atoms with Gasteiger partial charge in [0.2, 0.25) is 10.0 Å². The summed E-state index contributed by atoms with van der Waals surface area (Å²) >= 11 is 0. The third-order valence-electron chi connectivity index (χ3n) is 5.46. The van der Waals surface area contributed by atoms with Crippen molar-refractivity contribution in [3.63, 3.8) is 0 Å². The normalized spacial score (nSPS) is 36.0. The molecule has 124 valence electrons. The van der Waals surface area contributed by atoms with Gasteiger partial charge < -0.3 is 5.11 Å². The summed E-state index contributed by atoms with van der Waals surface area (Å²) in [7, 11) is -3.10. The second-order valence-electron chi connectivity index (χ2n) is 7.53. The van der Waals surface area contributed by atoms with Crippen LogP contribution in [0.4, 0.5) is 0 Å². The number of rotatable bonds is 4. The van der Waals surface area contributed by atoms with Crippen molar-refractivity contribution in [1.29, 1.82) is 0 Å². The molecule has 0 bridgehead atoms. The predicted octanol–water partition coefficient (Wildman–Crippen LogP) is 2.63. The van der Waals surface area contributed by atoms with Crippen molar-refractivity contribution in [2.24, 2.45) is 17.8 Å². The van der Waals surface area contributed by atoms with Crippen LogP contribution in [0.25, 0.3) is 0 Å². The molecule has 1 saturated carbocycles. The first-order chi connectivity index (χ1) is 9.72. The fourth-order valence-corrected chi connectivity index (χ4v) is 5.39. The van der Waals surface area contributed by atoms with E-state index in [1.165, 1.54) is 12.7 Å². The summed E-state index contributed by atoms with van der Waals surface area (Å²) in [6, 6.07) is 0. The Morgan fingerprint density at radius 3 is 2.57 bits per heavy atom. The van der Waals surface area contributed by atoms with Gasteiger partial charge in [0.15, 0.2) is 0 Å². The summed E-state index contributed by atoms with van der Waals surface area (Å²) in [6.07, 6.45) is 8.32. The molecule has 1 aliphatic heterocycles. The highest BCUT2D eigenvalue weighted by molar-refractivity contribution is 7.88.